The van der Waals surface area contributed by atoms with E-state index < -0.39 is 5.38 Å². The molecule has 0 radical (unpaired) electrons. The average Bonchev–Trinajstić information content (AvgIpc) is 2.20. The maximum atomic E-state index is 10.4. The number of carbonyl (C=O) groups excluding carboxylic acids is 1. The lowest BCUT2D eigenvalue weighted by molar-refractivity contribution is -0.107. The summed E-state index contributed by atoms with van der Waals surface area (Å²) in [5.41, 5.74) is 2.46. The Morgan fingerprint density at radius 3 is 2.00 bits per heavy atom. The van der Waals surface area contributed by atoms with E-state index >= 15 is 0 Å². The number of rotatable bonds is 5. The monoisotopic (exact) mass is 224 g/mol. The third-order valence-electron chi connectivity index (χ3n) is 2.25. The van der Waals surface area contributed by atoms with Crippen LogP contribution in [0.4, 0.5) is 0 Å². The molecule has 0 amide bonds. The van der Waals surface area contributed by atoms with E-state index in [1.165, 1.54) is 5.56 Å². The first-order valence-electron chi connectivity index (χ1n) is 5.29. The summed E-state index contributed by atoms with van der Waals surface area (Å²) in [6.45, 7) is 4.41. The van der Waals surface area contributed by atoms with E-state index in [4.69, 9.17) is 11.6 Å². The van der Waals surface area contributed by atoms with Crippen LogP contribution in [-0.4, -0.2) is 11.7 Å². The molecule has 1 atom stereocenters. The Morgan fingerprint density at radius 2 is 1.60 bits per heavy atom. The molecule has 0 aliphatic carbocycles. The third kappa shape index (κ3) is 4.48. The minimum absolute atomic E-state index is 0.402. The van der Waals surface area contributed by atoms with E-state index in [1.54, 1.807) is 0 Å². The first-order chi connectivity index (χ1) is 7.11. The molecular formula is C13H17ClO. The van der Waals surface area contributed by atoms with Crippen molar-refractivity contribution in [3.8, 4) is 0 Å². The summed E-state index contributed by atoms with van der Waals surface area (Å²) >= 11 is 5.76. The normalized spacial score (nSPS) is 12.8. The molecule has 0 aliphatic heterocycles. The quantitative estimate of drug-likeness (QED) is 0.555. The number of halogens is 1. The van der Waals surface area contributed by atoms with Crippen LogP contribution in [-0.2, 0) is 17.6 Å². The van der Waals surface area contributed by atoms with Gasteiger partial charge in [-0.2, -0.15) is 0 Å². The minimum atomic E-state index is -0.402. The molecule has 0 saturated carbocycles. The fraction of sp³-hybridized carbons (Fsp3) is 0.462. The number of alkyl halides is 1. The Hall–Kier alpha value is -0.820. The van der Waals surface area contributed by atoms with Gasteiger partial charge in [-0.05, 0) is 29.9 Å². The number of hydrogen-bond donors (Lipinski definition) is 0. The highest BCUT2D eigenvalue weighted by molar-refractivity contribution is 6.27. The van der Waals surface area contributed by atoms with Crippen LogP contribution in [0.3, 0.4) is 0 Å². The first kappa shape index (κ1) is 12.3. The number of aldehydes is 1. The molecule has 82 valence electrons. The highest BCUT2D eigenvalue weighted by Crippen LogP contribution is 2.12. The van der Waals surface area contributed by atoms with E-state index in [0.717, 1.165) is 18.3 Å². The topological polar surface area (TPSA) is 17.1 Å². The minimum Gasteiger partial charge on any atom is -0.302 e. The molecule has 15 heavy (non-hydrogen) atoms. The van der Waals surface area contributed by atoms with E-state index in [1.807, 2.05) is 0 Å². The molecule has 1 aromatic carbocycles. The van der Waals surface area contributed by atoms with Crippen LogP contribution in [0.25, 0.3) is 0 Å². The van der Waals surface area contributed by atoms with Gasteiger partial charge < -0.3 is 4.79 Å². The van der Waals surface area contributed by atoms with Crippen molar-refractivity contribution in [1.29, 1.82) is 0 Å². The van der Waals surface area contributed by atoms with Crippen molar-refractivity contribution < 1.29 is 4.79 Å². The second-order valence-corrected chi connectivity index (χ2v) is 4.83. The van der Waals surface area contributed by atoms with Gasteiger partial charge in [-0.1, -0.05) is 38.1 Å². The Bertz CT molecular complexity index is 303. The number of benzene rings is 1. The van der Waals surface area contributed by atoms with Gasteiger partial charge in [0.25, 0.3) is 0 Å². The molecule has 0 heterocycles. The Labute approximate surface area is 96.5 Å². The summed E-state index contributed by atoms with van der Waals surface area (Å²) in [5.74, 6) is 0.673. The van der Waals surface area contributed by atoms with E-state index in [-0.39, 0.29) is 0 Å². The van der Waals surface area contributed by atoms with Gasteiger partial charge in [0.1, 0.15) is 6.29 Å². The molecule has 0 fully saturated rings. The van der Waals surface area contributed by atoms with Crippen molar-refractivity contribution in [2.24, 2.45) is 5.92 Å². The van der Waals surface area contributed by atoms with Crippen LogP contribution in [0.15, 0.2) is 24.3 Å². The van der Waals surface area contributed by atoms with Crippen molar-refractivity contribution in [3.63, 3.8) is 0 Å². The van der Waals surface area contributed by atoms with Gasteiger partial charge in [-0.25, -0.2) is 0 Å². The van der Waals surface area contributed by atoms with Gasteiger partial charge in [0.2, 0.25) is 0 Å². The van der Waals surface area contributed by atoms with Crippen molar-refractivity contribution in [3.05, 3.63) is 35.4 Å². The maximum Gasteiger partial charge on any atom is 0.138 e. The molecule has 1 rings (SSSR count). The summed E-state index contributed by atoms with van der Waals surface area (Å²) < 4.78 is 0. The predicted molar refractivity (Wildman–Crippen MR) is 64.4 cm³/mol. The molecular weight excluding hydrogens is 208 g/mol. The standard InChI is InChI=1S/C13H17ClO/c1-10(2)7-11-3-5-12(6-4-11)8-13(14)9-15/h3-6,9-10,13H,7-8H2,1-2H3. The van der Waals surface area contributed by atoms with Gasteiger partial charge in [-0.15, -0.1) is 11.6 Å². The predicted octanol–water partition coefficient (Wildman–Crippen LogP) is 3.23. The summed E-state index contributed by atoms with van der Waals surface area (Å²) in [7, 11) is 0. The van der Waals surface area contributed by atoms with Crippen molar-refractivity contribution in [1.82, 2.24) is 0 Å². The fourth-order valence-corrected chi connectivity index (χ4v) is 1.73. The van der Waals surface area contributed by atoms with Crippen molar-refractivity contribution in [2.75, 3.05) is 0 Å². The molecule has 1 aromatic rings. The van der Waals surface area contributed by atoms with E-state index in [9.17, 15) is 4.79 Å². The van der Waals surface area contributed by atoms with Crippen molar-refractivity contribution in [2.45, 2.75) is 32.1 Å². The second-order valence-electron chi connectivity index (χ2n) is 4.27. The van der Waals surface area contributed by atoms with Gasteiger partial charge >= 0.3 is 0 Å². The number of carbonyl (C=O) groups is 1. The highest BCUT2D eigenvalue weighted by atomic mass is 35.5. The van der Waals surface area contributed by atoms with Gasteiger partial charge in [-0.3, -0.25) is 0 Å². The lowest BCUT2D eigenvalue weighted by atomic mass is 10.0. The number of hydrogen-bond acceptors (Lipinski definition) is 1. The highest BCUT2D eigenvalue weighted by Gasteiger charge is 2.04. The van der Waals surface area contributed by atoms with Gasteiger partial charge in [0.05, 0.1) is 5.38 Å². The Morgan fingerprint density at radius 1 is 1.13 bits per heavy atom. The largest absolute Gasteiger partial charge is 0.302 e. The van der Waals surface area contributed by atoms with E-state index in [0.29, 0.717) is 12.3 Å². The smallest absolute Gasteiger partial charge is 0.138 e. The summed E-state index contributed by atoms with van der Waals surface area (Å²) in [5, 5.41) is -0.402. The molecule has 0 aromatic heterocycles. The summed E-state index contributed by atoms with van der Waals surface area (Å²) in [4.78, 5) is 10.4. The maximum absolute atomic E-state index is 10.4. The third-order valence-corrected chi connectivity index (χ3v) is 2.50. The zero-order valence-corrected chi connectivity index (χ0v) is 10.00. The summed E-state index contributed by atoms with van der Waals surface area (Å²) in [6.07, 6.45) is 2.49. The molecule has 1 nitrogen and oxygen atoms in total. The molecule has 1 unspecified atom stereocenters. The lowest BCUT2D eigenvalue weighted by Crippen LogP contribution is -2.04. The Kier molecular flexibility index (Phi) is 4.83. The van der Waals surface area contributed by atoms with Crippen LogP contribution in [0.1, 0.15) is 25.0 Å². The fourth-order valence-electron chi connectivity index (χ4n) is 1.56. The van der Waals surface area contributed by atoms with Crippen LogP contribution in [0, 0.1) is 5.92 Å². The van der Waals surface area contributed by atoms with Crippen LogP contribution >= 0.6 is 11.6 Å². The lowest BCUT2D eigenvalue weighted by Gasteiger charge is -2.06. The zero-order valence-electron chi connectivity index (χ0n) is 9.24. The second kappa shape index (κ2) is 5.92. The van der Waals surface area contributed by atoms with Crippen LogP contribution < -0.4 is 0 Å². The SMILES string of the molecule is CC(C)Cc1ccc(CC(Cl)C=O)cc1. The van der Waals surface area contributed by atoms with Crippen LogP contribution in [0.5, 0.6) is 0 Å². The van der Waals surface area contributed by atoms with Gasteiger partial charge in [0, 0.05) is 0 Å². The Balaban J connectivity index is 2.59. The molecule has 0 saturated heterocycles. The molecule has 0 spiro atoms. The summed E-state index contributed by atoms with van der Waals surface area (Å²) in [6, 6.07) is 8.33. The molecule has 0 aliphatic rings. The molecule has 2 heteroatoms. The van der Waals surface area contributed by atoms with Crippen LogP contribution in [0.2, 0.25) is 0 Å². The average molecular weight is 225 g/mol. The van der Waals surface area contributed by atoms with E-state index in [2.05, 4.69) is 38.1 Å². The van der Waals surface area contributed by atoms with Crippen molar-refractivity contribution >= 4 is 17.9 Å². The van der Waals surface area contributed by atoms with Gasteiger partial charge in [0.15, 0.2) is 0 Å². The first-order valence-corrected chi connectivity index (χ1v) is 5.72. The molecule has 0 N–H and O–H groups in total. The zero-order chi connectivity index (χ0) is 11.3. The molecule has 0 bridgehead atoms.